The maximum atomic E-state index is 13.8. The molecule has 0 aliphatic carbocycles. The molecule has 0 spiro atoms. The first-order chi connectivity index (χ1) is 18.7. The molecule has 0 unspecified atom stereocenters. The van der Waals surface area contributed by atoms with Crippen LogP contribution in [0, 0.1) is 0 Å². The molecule has 4 aliphatic heterocycles. The van der Waals surface area contributed by atoms with Gasteiger partial charge in [-0.05, 0) is 47.1 Å². The number of fused-ring (bicyclic) bond motifs is 1. The van der Waals surface area contributed by atoms with Crippen molar-refractivity contribution in [3.8, 4) is 0 Å². The first-order valence-corrected chi connectivity index (χ1v) is 13.8. The zero-order chi connectivity index (χ0) is 28.9. The Morgan fingerprint density at radius 3 is 2.23 bits per heavy atom. The number of esters is 1. The maximum Gasteiger partial charge on any atom is 0.303 e. The van der Waals surface area contributed by atoms with E-state index in [1.54, 1.807) is 41.5 Å². The molecule has 0 bridgehead atoms. The highest BCUT2D eigenvalue weighted by Crippen LogP contribution is 2.42. The number of ether oxygens (including phenoxy) is 9. The van der Waals surface area contributed by atoms with E-state index in [2.05, 4.69) is 0 Å². The van der Waals surface area contributed by atoms with E-state index in [1.807, 2.05) is 30.3 Å². The quantitative estimate of drug-likeness (QED) is 0.412. The number of benzene rings is 1. The highest BCUT2D eigenvalue weighted by Gasteiger charge is 2.59. The van der Waals surface area contributed by atoms with Crippen LogP contribution in [0.3, 0.4) is 0 Å². The molecule has 5 rings (SSSR count). The van der Waals surface area contributed by atoms with E-state index in [9.17, 15) is 9.59 Å². The lowest BCUT2D eigenvalue weighted by Crippen LogP contribution is -2.48. The summed E-state index contributed by atoms with van der Waals surface area (Å²) < 4.78 is 54.1. The Morgan fingerprint density at radius 2 is 1.57 bits per heavy atom. The molecule has 0 aromatic heterocycles. The molecule has 1 aromatic carbocycles. The van der Waals surface area contributed by atoms with Gasteiger partial charge in [0.15, 0.2) is 29.4 Å². The van der Waals surface area contributed by atoms with E-state index >= 15 is 0 Å². The third-order valence-corrected chi connectivity index (χ3v) is 7.24. The van der Waals surface area contributed by atoms with E-state index in [0.717, 1.165) is 5.56 Å². The molecule has 4 aliphatic rings. The van der Waals surface area contributed by atoms with Gasteiger partial charge in [0.2, 0.25) is 0 Å². The zero-order valence-electron chi connectivity index (χ0n) is 24.1. The molecular formula is C29H40O11. The highest BCUT2D eigenvalue weighted by molar-refractivity contribution is 5.85. The molecule has 11 nitrogen and oxygen atoms in total. The van der Waals surface area contributed by atoms with E-state index in [1.165, 1.54) is 6.92 Å². The number of hydrogen-bond acceptors (Lipinski definition) is 11. The second-order valence-corrected chi connectivity index (χ2v) is 12.0. The van der Waals surface area contributed by atoms with Gasteiger partial charge in [0.25, 0.3) is 0 Å². The molecular weight excluding hydrogens is 524 g/mol. The van der Waals surface area contributed by atoms with Crippen LogP contribution in [0.15, 0.2) is 30.3 Å². The summed E-state index contributed by atoms with van der Waals surface area (Å²) in [6.45, 7) is 12.5. The number of hydrogen-bond donors (Lipinski definition) is 0. The lowest BCUT2D eigenvalue weighted by molar-refractivity contribution is -0.233. The Hall–Kier alpha value is -1.96. The molecule has 0 N–H and O–H groups in total. The van der Waals surface area contributed by atoms with Gasteiger partial charge in [0, 0.05) is 13.3 Å². The standard InChI is InChI=1S/C29H40O11/c1-16(30)34-19(13-18(31)21-23(38-28(4,5)37-21)20-15-33-27(2,3)36-20)22-24(32-14-17-11-9-8-10-12-17)25-26(35-22)40-29(6,7)39-25/h8-12,19-26H,13-15H2,1-7H3/t19-,20-,21-,22+,23-,24-,25+,26+/m0/s1. The van der Waals surface area contributed by atoms with Gasteiger partial charge in [0.1, 0.15) is 42.7 Å². The Balaban J connectivity index is 1.35. The minimum Gasteiger partial charge on any atom is -0.459 e. The fraction of sp³-hybridized carbons (Fsp3) is 0.724. The Kier molecular flexibility index (Phi) is 8.14. The predicted octanol–water partition coefficient (Wildman–Crippen LogP) is 3.01. The predicted molar refractivity (Wildman–Crippen MR) is 138 cm³/mol. The monoisotopic (exact) mass is 564 g/mol. The lowest BCUT2D eigenvalue weighted by atomic mass is 9.96. The van der Waals surface area contributed by atoms with Crippen LogP contribution in [0.4, 0.5) is 0 Å². The van der Waals surface area contributed by atoms with Gasteiger partial charge in [-0.1, -0.05) is 30.3 Å². The molecule has 40 heavy (non-hydrogen) atoms. The fourth-order valence-electron chi connectivity index (χ4n) is 5.70. The molecule has 4 saturated heterocycles. The summed E-state index contributed by atoms with van der Waals surface area (Å²) >= 11 is 0. The van der Waals surface area contributed by atoms with Crippen LogP contribution in [-0.2, 0) is 58.8 Å². The Morgan fingerprint density at radius 1 is 0.900 bits per heavy atom. The molecule has 222 valence electrons. The Bertz CT molecular complexity index is 1070. The zero-order valence-corrected chi connectivity index (χ0v) is 24.1. The van der Waals surface area contributed by atoms with Gasteiger partial charge in [-0.3, -0.25) is 9.59 Å². The van der Waals surface area contributed by atoms with Crippen LogP contribution in [0.5, 0.6) is 0 Å². The molecule has 8 atom stereocenters. The second-order valence-electron chi connectivity index (χ2n) is 12.0. The first-order valence-electron chi connectivity index (χ1n) is 13.8. The number of carbonyl (C=O) groups is 2. The van der Waals surface area contributed by atoms with Crippen molar-refractivity contribution in [2.75, 3.05) is 6.61 Å². The molecule has 0 amide bonds. The van der Waals surface area contributed by atoms with Crippen molar-refractivity contribution in [2.24, 2.45) is 0 Å². The minimum absolute atomic E-state index is 0.199. The fourth-order valence-corrected chi connectivity index (χ4v) is 5.70. The van der Waals surface area contributed by atoms with Crippen molar-refractivity contribution in [3.05, 3.63) is 35.9 Å². The van der Waals surface area contributed by atoms with Crippen molar-refractivity contribution in [3.63, 3.8) is 0 Å². The topological polar surface area (TPSA) is 117 Å². The van der Waals surface area contributed by atoms with Crippen LogP contribution in [0.25, 0.3) is 0 Å². The molecule has 4 fully saturated rings. The summed E-state index contributed by atoms with van der Waals surface area (Å²) in [6.07, 6.45) is -6.21. The molecule has 0 radical (unpaired) electrons. The molecule has 4 heterocycles. The van der Waals surface area contributed by atoms with Crippen molar-refractivity contribution < 1.29 is 52.2 Å². The third-order valence-electron chi connectivity index (χ3n) is 7.24. The summed E-state index contributed by atoms with van der Waals surface area (Å²) in [7, 11) is 0. The van der Waals surface area contributed by atoms with E-state index in [4.69, 9.17) is 42.6 Å². The summed E-state index contributed by atoms with van der Waals surface area (Å²) in [5.74, 6) is -3.59. The van der Waals surface area contributed by atoms with Crippen LogP contribution in [-0.4, -0.2) is 84.7 Å². The van der Waals surface area contributed by atoms with E-state index < -0.39 is 72.3 Å². The maximum absolute atomic E-state index is 13.8. The SMILES string of the molecule is CC(=O)O[C@@H](CC(=O)[C@@H]1OC(C)(C)O[C@H]1[C@@H]1COC(C)(C)O1)[C@H]1O[C@@H]2OC(C)(C)O[C@@H]2[C@H]1OCc1ccccc1. The number of carbonyl (C=O) groups excluding carboxylic acids is 2. The number of rotatable bonds is 9. The lowest BCUT2D eigenvalue weighted by Gasteiger charge is -2.31. The average Bonchev–Trinajstić information content (AvgIpc) is 3.56. The molecule has 0 saturated carbocycles. The van der Waals surface area contributed by atoms with Gasteiger partial charge in [-0.15, -0.1) is 0 Å². The summed E-state index contributed by atoms with van der Waals surface area (Å²) in [4.78, 5) is 26.0. The van der Waals surface area contributed by atoms with Crippen molar-refractivity contribution >= 4 is 11.8 Å². The van der Waals surface area contributed by atoms with Gasteiger partial charge >= 0.3 is 5.97 Å². The van der Waals surface area contributed by atoms with Crippen LogP contribution in [0.2, 0.25) is 0 Å². The Labute approximate surface area is 234 Å². The highest BCUT2D eigenvalue weighted by atomic mass is 16.8. The van der Waals surface area contributed by atoms with Crippen LogP contribution >= 0.6 is 0 Å². The van der Waals surface area contributed by atoms with Crippen LogP contribution in [0.1, 0.15) is 60.5 Å². The third kappa shape index (κ3) is 6.57. The van der Waals surface area contributed by atoms with Gasteiger partial charge in [-0.2, -0.15) is 0 Å². The van der Waals surface area contributed by atoms with Gasteiger partial charge < -0.3 is 42.6 Å². The van der Waals surface area contributed by atoms with Crippen LogP contribution < -0.4 is 0 Å². The van der Waals surface area contributed by atoms with Crippen molar-refractivity contribution in [2.45, 2.75) is 128 Å². The first kappa shape index (κ1) is 29.5. The number of ketones is 1. The van der Waals surface area contributed by atoms with Crippen molar-refractivity contribution in [1.82, 2.24) is 0 Å². The van der Waals surface area contributed by atoms with Gasteiger partial charge in [-0.25, -0.2) is 0 Å². The summed E-state index contributed by atoms with van der Waals surface area (Å²) in [5, 5.41) is 0. The largest absolute Gasteiger partial charge is 0.459 e. The average molecular weight is 565 g/mol. The second kappa shape index (κ2) is 11.0. The summed E-state index contributed by atoms with van der Waals surface area (Å²) in [5.41, 5.74) is 0.950. The molecule has 1 aromatic rings. The smallest absolute Gasteiger partial charge is 0.303 e. The normalized spacial score (nSPS) is 36.3. The minimum atomic E-state index is -1.02. The van der Waals surface area contributed by atoms with Crippen molar-refractivity contribution in [1.29, 1.82) is 0 Å². The summed E-state index contributed by atoms with van der Waals surface area (Å²) in [6, 6.07) is 9.66. The number of Topliss-reactive ketones (excluding diaryl/α,β-unsaturated/α-hetero) is 1. The molecule has 11 heteroatoms. The van der Waals surface area contributed by atoms with E-state index in [0.29, 0.717) is 0 Å². The van der Waals surface area contributed by atoms with Gasteiger partial charge in [0.05, 0.1) is 13.2 Å². The van der Waals surface area contributed by atoms with E-state index in [-0.39, 0.29) is 25.4 Å².